The third-order valence-corrected chi connectivity index (χ3v) is 5.63. The van der Waals surface area contributed by atoms with Gasteiger partial charge in [-0.25, -0.2) is 4.79 Å². The molecule has 3 aromatic rings. The van der Waals surface area contributed by atoms with Crippen molar-refractivity contribution in [1.29, 1.82) is 0 Å². The topological polar surface area (TPSA) is 87.1 Å². The first-order chi connectivity index (χ1) is 15.4. The van der Waals surface area contributed by atoms with Crippen LogP contribution in [0.2, 0.25) is 0 Å². The molecule has 2 N–H and O–H groups in total. The molecule has 0 spiro atoms. The van der Waals surface area contributed by atoms with Crippen LogP contribution < -0.4 is 4.74 Å². The maximum absolute atomic E-state index is 13.2. The Morgan fingerprint density at radius 1 is 1.03 bits per heavy atom. The van der Waals surface area contributed by atoms with Crippen molar-refractivity contribution in [3.05, 3.63) is 106 Å². The van der Waals surface area contributed by atoms with Gasteiger partial charge in [0.25, 0.3) is 5.91 Å². The average Bonchev–Trinajstić information content (AvgIpc) is 3.05. The largest absolute Gasteiger partial charge is 0.503 e. The normalized spacial score (nSPS) is 15.9. The fraction of sp³-hybridized carbons (Fsp3) is 0.154. The van der Waals surface area contributed by atoms with Crippen LogP contribution in [0.3, 0.4) is 0 Å². The van der Waals surface area contributed by atoms with E-state index >= 15 is 0 Å². The van der Waals surface area contributed by atoms with Crippen molar-refractivity contribution < 1.29 is 24.5 Å². The van der Waals surface area contributed by atoms with Crippen molar-refractivity contribution in [2.45, 2.75) is 19.5 Å². The predicted molar refractivity (Wildman–Crippen MR) is 120 cm³/mol. The smallest absolute Gasteiger partial charge is 0.335 e. The van der Waals surface area contributed by atoms with Gasteiger partial charge in [0.1, 0.15) is 5.75 Å². The molecule has 3 aromatic carbocycles. The Kier molecular flexibility index (Phi) is 5.69. The zero-order chi connectivity index (χ0) is 22.8. The Morgan fingerprint density at radius 3 is 2.34 bits per heavy atom. The molecular formula is C26H23NO5. The van der Waals surface area contributed by atoms with Crippen LogP contribution in [-0.2, 0) is 11.3 Å². The molecule has 0 bridgehead atoms. The molecule has 162 valence electrons. The van der Waals surface area contributed by atoms with Gasteiger partial charge in [-0.15, -0.1) is 0 Å². The number of carbonyl (C=O) groups is 2. The van der Waals surface area contributed by atoms with Crippen LogP contribution in [-0.4, -0.2) is 34.1 Å². The van der Waals surface area contributed by atoms with Gasteiger partial charge in [-0.1, -0.05) is 54.1 Å². The second-order valence-corrected chi connectivity index (χ2v) is 7.74. The van der Waals surface area contributed by atoms with Crippen molar-refractivity contribution in [3.8, 4) is 5.75 Å². The molecule has 1 heterocycles. The van der Waals surface area contributed by atoms with E-state index in [-0.39, 0.29) is 17.9 Å². The van der Waals surface area contributed by atoms with Gasteiger partial charge in [0, 0.05) is 12.1 Å². The minimum Gasteiger partial charge on any atom is -0.503 e. The Bertz CT molecular complexity index is 1200. The minimum atomic E-state index is -1.02. The first kappa shape index (κ1) is 21.2. The highest BCUT2D eigenvalue weighted by atomic mass is 16.5. The van der Waals surface area contributed by atoms with Crippen molar-refractivity contribution in [2.75, 3.05) is 7.11 Å². The molecule has 1 aliphatic heterocycles. The number of aliphatic hydroxyl groups is 1. The fourth-order valence-electron chi connectivity index (χ4n) is 3.97. The molecule has 0 aliphatic carbocycles. The molecule has 0 saturated carbocycles. The van der Waals surface area contributed by atoms with E-state index in [9.17, 15) is 19.8 Å². The van der Waals surface area contributed by atoms with E-state index in [4.69, 9.17) is 4.74 Å². The fourth-order valence-corrected chi connectivity index (χ4v) is 3.97. The van der Waals surface area contributed by atoms with E-state index in [1.54, 1.807) is 24.1 Å². The summed E-state index contributed by atoms with van der Waals surface area (Å²) in [5.74, 6) is -1.13. The zero-order valence-corrected chi connectivity index (χ0v) is 17.8. The highest BCUT2D eigenvalue weighted by molar-refractivity contribution is 6.05. The Hall–Kier alpha value is -4.06. The van der Waals surface area contributed by atoms with Crippen LogP contribution in [0.4, 0.5) is 0 Å². The van der Waals surface area contributed by atoms with Crippen LogP contribution in [0, 0.1) is 6.92 Å². The van der Waals surface area contributed by atoms with E-state index < -0.39 is 17.9 Å². The molecular weight excluding hydrogens is 406 g/mol. The summed E-state index contributed by atoms with van der Waals surface area (Å²) >= 11 is 0. The lowest BCUT2D eigenvalue weighted by molar-refractivity contribution is -0.130. The lowest BCUT2D eigenvalue weighted by atomic mass is 9.92. The Labute approximate surface area is 186 Å². The van der Waals surface area contributed by atoms with Gasteiger partial charge >= 0.3 is 5.97 Å². The molecule has 0 fully saturated rings. The van der Waals surface area contributed by atoms with Crippen molar-refractivity contribution >= 4 is 17.4 Å². The Balaban J connectivity index is 1.80. The summed E-state index contributed by atoms with van der Waals surface area (Å²) in [7, 11) is 1.58. The van der Waals surface area contributed by atoms with Crippen LogP contribution in [0.5, 0.6) is 5.75 Å². The lowest BCUT2D eigenvalue weighted by Gasteiger charge is -2.28. The van der Waals surface area contributed by atoms with Gasteiger partial charge in [0.05, 0.1) is 18.7 Å². The van der Waals surface area contributed by atoms with Crippen molar-refractivity contribution in [3.63, 3.8) is 0 Å². The van der Waals surface area contributed by atoms with Crippen LogP contribution in [0.15, 0.2) is 78.6 Å². The number of carbonyl (C=O) groups excluding carboxylic acids is 1. The summed E-state index contributed by atoms with van der Waals surface area (Å²) in [5.41, 5.74) is 4.02. The molecule has 4 rings (SSSR count). The van der Waals surface area contributed by atoms with Crippen LogP contribution in [0.25, 0.3) is 5.57 Å². The third kappa shape index (κ3) is 3.95. The van der Waals surface area contributed by atoms with Crippen molar-refractivity contribution in [1.82, 2.24) is 4.90 Å². The number of aromatic carboxylic acids is 1. The number of rotatable bonds is 6. The number of nitrogens with zero attached hydrogens (tertiary/aromatic N) is 1. The van der Waals surface area contributed by atoms with Gasteiger partial charge in [-0.2, -0.15) is 0 Å². The molecule has 1 amide bonds. The van der Waals surface area contributed by atoms with E-state index in [1.807, 2.05) is 55.5 Å². The number of benzene rings is 3. The summed E-state index contributed by atoms with van der Waals surface area (Å²) in [4.78, 5) is 26.1. The summed E-state index contributed by atoms with van der Waals surface area (Å²) < 4.78 is 5.30. The standard InChI is InChI=1S/C26H23NO5/c1-16-6-8-18(9-7-16)22-23(19-10-12-20(13-11-19)26(30)31)27(25(29)24(22)28)15-17-4-3-5-21(14-17)32-2/h3-14,23,28H,15H2,1-2H3,(H,30,31)/t23-/m0/s1. The number of aryl methyl sites for hydroxylation is 1. The van der Waals surface area contributed by atoms with Crippen molar-refractivity contribution in [2.24, 2.45) is 0 Å². The van der Waals surface area contributed by atoms with Gasteiger partial charge in [-0.05, 0) is 47.9 Å². The van der Waals surface area contributed by atoms with Gasteiger partial charge in [0.15, 0.2) is 5.76 Å². The summed E-state index contributed by atoms with van der Waals surface area (Å²) in [6, 6.07) is 20.8. The first-order valence-corrected chi connectivity index (χ1v) is 10.2. The monoisotopic (exact) mass is 429 g/mol. The van der Waals surface area contributed by atoms with E-state index in [1.165, 1.54) is 12.1 Å². The summed E-state index contributed by atoms with van der Waals surface area (Å²) in [6.45, 7) is 2.22. The number of hydrogen-bond donors (Lipinski definition) is 2. The van der Waals surface area contributed by atoms with Crippen LogP contribution in [0.1, 0.15) is 38.7 Å². The number of amides is 1. The number of carboxylic acid groups (broad SMARTS) is 1. The van der Waals surface area contributed by atoms with E-state index in [0.29, 0.717) is 16.9 Å². The second kappa shape index (κ2) is 8.59. The first-order valence-electron chi connectivity index (χ1n) is 10.2. The highest BCUT2D eigenvalue weighted by Crippen LogP contribution is 2.44. The third-order valence-electron chi connectivity index (χ3n) is 5.63. The highest BCUT2D eigenvalue weighted by Gasteiger charge is 2.41. The molecule has 6 heteroatoms. The number of aliphatic hydroxyl groups excluding tert-OH is 1. The molecule has 1 aliphatic rings. The summed E-state index contributed by atoms with van der Waals surface area (Å²) in [6.07, 6.45) is 0. The van der Waals surface area contributed by atoms with Crippen LogP contribution >= 0.6 is 0 Å². The summed E-state index contributed by atoms with van der Waals surface area (Å²) in [5, 5.41) is 20.1. The molecule has 0 unspecified atom stereocenters. The maximum atomic E-state index is 13.2. The Morgan fingerprint density at radius 2 is 1.72 bits per heavy atom. The maximum Gasteiger partial charge on any atom is 0.335 e. The number of ether oxygens (including phenoxy) is 1. The number of methoxy groups -OCH3 is 1. The lowest BCUT2D eigenvalue weighted by Crippen LogP contribution is -2.29. The molecule has 1 atom stereocenters. The molecule has 6 nitrogen and oxygen atoms in total. The molecule has 0 radical (unpaired) electrons. The van der Waals surface area contributed by atoms with Gasteiger partial charge in [0.2, 0.25) is 0 Å². The van der Waals surface area contributed by atoms with Gasteiger partial charge < -0.3 is 19.8 Å². The SMILES string of the molecule is COc1cccc(CN2C(=O)C(O)=C(c3ccc(C)cc3)[C@@H]2c2ccc(C(=O)O)cc2)c1. The van der Waals surface area contributed by atoms with E-state index in [2.05, 4.69) is 0 Å². The van der Waals surface area contributed by atoms with Gasteiger partial charge in [-0.3, -0.25) is 4.79 Å². The number of carboxylic acids is 1. The minimum absolute atomic E-state index is 0.155. The van der Waals surface area contributed by atoms with E-state index in [0.717, 1.165) is 16.7 Å². The second-order valence-electron chi connectivity index (χ2n) is 7.74. The predicted octanol–water partition coefficient (Wildman–Crippen LogP) is 4.75. The average molecular weight is 429 g/mol. The zero-order valence-electron chi connectivity index (χ0n) is 17.8. The molecule has 0 aromatic heterocycles. The quantitative estimate of drug-likeness (QED) is 0.590. The molecule has 0 saturated heterocycles. The molecule has 32 heavy (non-hydrogen) atoms. The number of hydrogen-bond acceptors (Lipinski definition) is 4.